The Bertz CT molecular complexity index is 741. The normalized spacial score (nSPS) is 10.5. The number of hydrogen-bond donors (Lipinski definition) is 0. The molecule has 1 aromatic carbocycles. The lowest BCUT2D eigenvalue weighted by atomic mass is 9.98. The van der Waals surface area contributed by atoms with Gasteiger partial charge in [0.2, 0.25) is 5.82 Å². The second-order valence-electron chi connectivity index (χ2n) is 3.93. The maximum atomic E-state index is 13.8. The number of nitriles is 1. The van der Waals surface area contributed by atoms with Crippen LogP contribution in [-0.2, 0) is 6.42 Å². The minimum Gasteiger partial charge on any atom is -0.263 e. The first-order chi connectivity index (χ1) is 9.90. The quantitative estimate of drug-likeness (QED) is 0.473. The van der Waals surface area contributed by atoms with Crippen molar-refractivity contribution in [1.29, 1.82) is 5.26 Å². The van der Waals surface area contributed by atoms with Gasteiger partial charge in [0.05, 0.1) is 23.1 Å². The Morgan fingerprint density at radius 2 is 1.48 bits per heavy atom. The van der Waals surface area contributed by atoms with E-state index in [1.165, 1.54) is 0 Å². The Morgan fingerprint density at radius 3 is 2.00 bits per heavy atom. The third kappa shape index (κ3) is 2.43. The summed E-state index contributed by atoms with van der Waals surface area (Å²) in [6.07, 6.45) is 1.61. The summed E-state index contributed by atoms with van der Waals surface area (Å²) in [6.45, 7) is 0. The number of rotatable bonds is 2. The van der Waals surface area contributed by atoms with E-state index in [1.54, 1.807) is 6.07 Å². The number of aromatic nitrogens is 1. The molecule has 0 unspecified atom stereocenters. The minimum atomic E-state index is -2.26. The van der Waals surface area contributed by atoms with Gasteiger partial charge in [-0.05, 0) is 5.56 Å². The molecule has 0 spiro atoms. The smallest absolute Gasteiger partial charge is 0.200 e. The number of halogens is 6. The van der Waals surface area contributed by atoms with Gasteiger partial charge in [0.15, 0.2) is 23.3 Å². The van der Waals surface area contributed by atoms with Crippen LogP contribution < -0.4 is 0 Å². The van der Waals surface area contributed by atoms with Crippen molar-refractivity contribution in [3.63, 3.8) is 0 Å². The Balaban J connectivity index is 2.87. The van der Waals surface area contributed by atoms with Gasteiger partial charge in [-0.15, -0.1) is 0 Å². The summed E-state index contributed by atoms with van der Waals surface area (Å²) >= 11 is 5.75. The lowest BCUT2D eigenvalue weighted by Crippen LogP contribution is -2.06. The molecule has 0 aliphatic rings. The lowest BCUT2D eigenvalue weighted by molar-refractivity contribution is 0.381. The Morgan fingerprint density at radius 1 is 0.952 bits per heavy atom. The second kappa shape index (κ2) is 5.66. The molecule has 0 bridgehead atoms. The van der Waals surface area contributed by atoms with Crippen molar-refractivity contribution in [1.82, 2.24) is 4.98 Å². The van der Waals surface area contributed by atoms with Crippen LogP contribution in [0.15, 0.2) is 12.4 Å². The molecular formula is C13H4ClF5N2. The van der Waals surface area contributed by atoms with Crippen LogP contribution in [0, 0.1) is 40.4 Å². The molecule has 0 saturated heterocycles. The van der Waals surface area contributed by atoms with Crippen molar-refractivity contribution in [2.45, 2.75) is 6.42 Å². The highest BCUT2D eigenvalue weighted by molar-refractivity contribution is 6.31. The van der Waals surface area contributed by atoms with Crippen LogP contribution in [0.3, 0.4) is 0 Å². The molecule has 0 aliphatic heterocycles. The van der Waals surface area contributed by atoms with Crippen LogP contribution >= 0.6 is 11.6 Å². The molecule has 0 amide bonds. The predicted octanol–water partition coefficient (Wildman–Crippen LogP) is 4.16. The van der Waals surface area contributed by atoms with E-state index in [4.69, 9.17) is 16.9 Å². The van der Waals surface area contributed by atoms with Gasteiger partial charge in [0, 0.05) is 18.0 Å². The van der Waals surface area contributed by atoms with E-state index in [9.17, 15) is 22.0 Å². The molecule has 0 radical (unpaired) electrons. The van der Waals surface area contributed by atoms with Crippen molar-refractivity contribution in [3.05, 3.63) is 52.1 Å². The fourth-order valence-electron chi connectivity index (χ4n) is 1.78. The molecule has 0 fully saturated rings. The molecule has 8 heteroatoms. The average Bonchev–Trinajstić information content (AvgIpc) is 2.46. The summed E-state index contributed by atoms with van der Waals surface area (Å²) < 4.78 is 67.0. The topological polar surface area (TPSA) is 36.7 Å². The maximum absolute atomic E-state index is 13.8. The maximum Gasteiger partial charge on any atom is 0.200 e. The van der Waals surface area contributed by atoms with Gasteiger partial charge in [-0.2, -0.15) is 5.26 Å². The van der Waals surface area contributed by atoms with E-state index < -0.39 is 40.2 Å². The van der Waals surface area contributed by atoms with Gasteiger partial charge >= 0.3 is 0 Å². The fraction of sp³-hybridized carbons (Fsp3) is 0.0769. The average molecular weight is 319 g/mol. The van der Waals surface area contributed by atoms with E-state index in [-0.39, 0.29) is 17.0 Å². The predicted molar refractivity (Wildman–Crippen MR) is 63.8 cm³/mol. The molecule has 108 valence electrons. The zero-order chi connectivity index (χ0) is 15.7. The van der Waals surface area contributed by atoms with Gasteiger partial charge in [-0.1, -0.05) is 11.6 Å². The van der Waals surface area contributed by atoms with Crippen LogP contribution in [0.1, 0.15) is 5.56 Å². The number of hydrogen-bond acceptors (Lipinski definition) is 2. The molecule has 2 aromatic rings. The number of benzene rings is 1. The minimum absolute atomic E-state index is 0.0719. The van der Waals surface area contributed by atoms with Gasteiger partial charge < -0.3 is 0 Å². The van der Waals surface area contributed by atoms with E-state index in [1.807, 2.05) is 0 Å². The van der Waals surface area contributed by atoms with Crippen LogP contribution in [-0.4, -0.2) is 4.98 Å². The first-order valence-corrected chi connectivity index (χ1v) is 5.79. The zero-order valence-electron chi connectivity index (χ0n) is 10.0. The Labute approximate surface area is 120 Å². The third-order valence-electron chi connectivity index (χ3n) is 2.74. The molecule has 21 heavy (non-hydrogen) atoms. The van der Waals surface area contributed by atoms with Gasteiger partial charge in [-0.3, -0.25) is 4.98 Å². The van der Waals surface area contributed by atoms with Crippen molar-refractivity contribution in [3.8, 4) is 17.2 Å². The second-order valence-corrected chi connectivity index (χ2v) is 4.33. The summed E-state index contributed by atoms with van der Waals surface area (Å²) in [5.74, 6) is -10.4. The first kappa shape index (κ1) is 15.2. The molecule has 1 heterocycles. The number of pyridine rings is 1. The number of nitrogens with zero attached hydrogens (tertiary/aromatic N) is 2. The van der Waals surface area contributed by atoms with E-state index in [0.29, 0.717) is 0 Å². The summed E-state index contributed by atoms with van der Waals surface area (Å²) in [6, 6.07) is 1.70. The SMILES string of the molecule is N#CCc1c(Cl)cncc1-c1c(F)c(F)c(F)c(F)c1F. The van der Waals surface area contributed by atoms with Crippen molar-refractivity contribution >= 4 is 11.6 Å². The summed E-state index contributed by atoms with van der Waals surface area (Å²) in [5, 5.41) is 8.57. The largest absolute Gasteiger partial charge is 0.263 e. The third-order valence-corrected chi connectivity index (χ3v) is 3.07. The first-order valence-electron chi connectivity index (χ1n) is 5.41. The molecule has 0 N–H and O–H groups in total. The van der Waals surface area contributed by atoms with E-state index >= 15 is 0 Å². The van der Waals surface area contributed by atoms with E-state index in [0.717, 1.165) is 12.4 Å². The Kier molecular flexibility index (Phi) is 4.09. The fourth-order valence-corrected chi connectivity index (χ4v) is 2.00. The lowest BCUT2D eigenvalue weighted by Gasteiger charge is -2.12. The standard InChI is InChI=1S/C13H4ClF5N2/c14-7-4-21-3-6(5(7)1-2-20)8-9(15)11(17)13(19)12(18)10(8)16/h3-4H,1H2. The van der Waals surface area contributed by atoms with Crippen molar-refractivity contribution in [2.24, 2.45) is 0 Å². The van der Waals surface area contributed by atoms with E-state index in [2.05, 4.69) is 4.98 Å². The molecular weight excluding hydrogens is 315 g/mol. The van der Waals surface area contributed by atoms with Crippen LogP contribution in [0.5, 0.6) is 0 Å². The zero-order valence-corrected chi connectivity index (χ0v) is 10.8. The van der Waals surface area contributed by atoms with Crippen LogP contribution in [0.2, 0.25) is 5.02 Å². The highest BCUT2D eigenvalue weighted by Gasteiger charge is 2.28. The van der Waals surface area contributed by atoms with Crippen LogP contribution in [0.25, 0.3) is 11.1 Å². The molecule has 0 saturated carbocycles. The summed E-state index contributed by atoms with van der Waals surface area (Å²) in [7, 11) is 0. The van der Waals surface area contributed by atoms with Gasteiger partial charge in [-0.25, -0.2) is 22.0 Å². The molecule has 0 atom stereocenters. The highest BCUT2D eigenvalue weighted by atomic mass is 35.5. The van der Waals surface area contributed by atoms with Crippen molar-refractivity contribution < 1.29 is 22.0 Å². The Hall–Kier alpha value is -2.20. The highest BCUT2D eigenvalue weighted by Crippen LogP contribution is 2.35. The van der Waals surface area contributed by atoms with Crippen LogP contribution in [0.4, 0.5) is 22.0 Å². The molecule has 0 aliphatic carbocycles. The van der Waals surface area contributed by atoms with Gasteiger partial charge in [0.25, 0.3) is 0 Å². The van der Waals surface area contributed by atoms with Gasteiger partial charge in [0.1, 0.15) is 0 Å². The van der Waals surface area contributed by atoms with Crippen molar-refractivity contribution in [2.75, 3.05) is 0 Å². The monoisotopic (exact) mass is 318 g/mol. The summed E-state index contributed by atoms with van der Waals surface area (Å²) in [5.41, 5.74) is -1.65. The molecule has 2 nitrogen and oxygen atoms in total. The molecule has 1 aromatic heterocycles. The molecule has 2 rings (SSSR count). The summed E-state index contributed by atoms with van der Waals surface area (Å²) in [4.78, 5) is 3.55.